The summed E-state index contributed by atoms with van der Waals surface area (Å²) >= 11 is 0. The molecule has 1 aliphatic rings. The number of rotatable bonds is 2. The molecule has 1 unspecified atom stereocenters. The number of likely N-dealkylation sites (tertiary alicyclic amines) is 1. The van der Waals surface area contributed by atoms with Gasteiger partial charge in [0, 0.05) is 12.5 Å². The molecule has 0 aromatic rings. The molecule has 1 aliphatic heterocycles. The van der Waals surface area contributed by atoms with Crippen LogP contribution in [0.3, 0.4) is 0 Å². The van der Waals surface area contributed by atoms with Crippen molar-refractivity contribution in [3.8, 4) is 0 Å². The first-order valence-corrected chi connectivity index (χ1v) is 6.27. The lowest BCUT2D eigenvalue weighted by Gasteiger charge is -2.34. The number of alkyl halides is 2. The van der Waals surface area contributed by atoms with E-state index in [2.05, 4.69) is 0 Å². The summed E-state index contributed by atoms with van der Waals surface area (Å²) in [6.45, 7) is 7.75. The van der Waals surface area contributed by atoms with Crippen LogP contribution in [0.1, 0.15) is 41.0 Å². The molecular weight excluding hydrogens is 256 g/mol. The summed E-state index contributed by atoms with van der Waals surface area (Å²) in [7, 11) is 0. The number of Topliss-reactive ketones (excluding diaryl/α,β-unsaturated/α-hetero) is 1. The van der Waals surface area contributed by atoms with E-state index in [1.807, 2.05) is 0 Å². The second-order valence-corrected chi connectivity index (χ2v) is 6.22. The van der Waals surface area contributed by atoms with Crippen LogP contribution in [-0.4, -0.2) is 40.9 Å². The molecule has 1 fully saturated rings. The zero-order valence-corrected chi connectivity index (χ0v) is 12.0. The zero-order valence-electron chi connectivity index (χ0n) is 12.0. The number of ketones is 1. The molecule has 0 saturated carbocycles. The van der Waals surface area contributed by atoms with Crippen molar-refractivity contribution in [3.63, 3.8) is 0 Å². The molecule has 1 heterocycles. The zero-order chi connectivity index (χ0) is 15.0. The summed E-state index contributed by atoms with van der Waals surface area (Å²) in [6, 6.07) is 0. The molecule has 1 amide bonds. The van der Waals surface area contributed by atoms with Crippen LogP contribution in [0.25, 0.3) is 0 Å². The Kier molecular flexibility index (Phi) is 4.22. The molecule has 0 radical (unpaired) electrons. The quantitative estimate of drug-likeness (QED) is 0.779. The van der Waals surface area contributed by atoms with Crippen molar-refractivity contribution < 1.29 is 23.1 Å². The van der Waals surface area contributed by atoms with E-state index in [9.17, 15) is 18.4 Å². The molecule has 0 spiro atoms. The largest absolute Gasteiger partial charge is 0.444 e. The van der Waals surface area contributed by atoms with Gasteiger partial charge in [-0.15, -0.1) is 0 Å². The van der Waals surface area contributed by atoms with E-state index < -0.39 is 29.6 Å². The van der Waals surface area contributed by atoms with Crippen molar-refractivity contribution >= 4 is 11.9 Å². The molecule has 1 rings (SSSR count). The Hall–Kier alpha value is -1.20. The Balaban J connectivity index is 2.96. The normalized spacial score (nSPS) is 27.8. The van der Waals surface area contributed by atoms with Gasteiger partial charge in [0.25, 0.3) is 0 Å². The molecule has 110 valence electrons. The van der Waals surface area contributed by atoms with Crippen LogP contribution in [0.2, 0.25) is 0 Å². The molecule has 6 heteroatoms. The smallest absolute Gasteiger partial charge is 0.411 e. The standard InChI is InChI=1S/C13H21F2NO3/c1-8(17)13(5)6-9(10(14)15)7-16(13)11(18)19-12(2,3)4/h9-10H,6-7H2,1-5H3/t9?,13-/m1/s1. The van der Waals surface area contributed by atoms with Gasteiger partial charge in [0.2, 0.25) is 6.43 Å². The number of carbonyl (C=O) groups excluding carboxylic acids is 2. The van der Waals surface area contributed by atoms with E-state index in [4.69, 9.17) is 4.74 Å². The summed E-state index contributed by atoms with van der Waals surface area (Å²) in [5, 5.41) is 0. The Bertz CT molecular complexity index is 379. The third kappa shape index (κ3) is 3.42. The highest BCUT2D eigenvalue weighted by molar-refractivity contribution is 5.90. The summed E-state index contributed by atoms with van der Waals surface area (Å²) in [4.78, 5) is 24.9. The van der Waals surface area contributed by atoms with Crippen LogP contribution in [0.15, 0.2) is 0 Å². The minimum atomic E-state index is -2.55. The van der Waals surface area contributed by atoms with Gasteiger partial charge in [-0.05, 0) is 41.0 Å². The fraction of sp³-hybridized carbons (Fsp3) is 0.846. The van der Waals surface area contributed by atoms with E-state index >= 15 is 0 Å². The van der Waals surface area contributed by atoms with Gasteiger partial charge in [-0.2, -0.15) is 0 Å². The Morgan fingerprint density at radius 1 is 1.37 bits per heavy atom. The van der Waals surface area contributed by atoms with Crippen molar-refractivity contribution in [1.82, 2.24) is 4.90 Å². The van der Waals surface area contributed by atoms with Gasteiger partial charge in [0.15, 0.2) is 5.78 Å². The molecule has 0 aromatic heterocycles. The highest BCUT2D eigenvalue weighted by Gasteiger charge is 2.51. The average molecular weight is 277 g/mol. The predicted molar refractivity (Wildman–Crippen MR) is 66.1 cm³/mol. The monoisotopic (exact) mass is 277 g/mol. The van der Waals surface area contributed by atoms with Crippen LogP contribution in [0, 0.1) is 5.92 Å². The highest BCUT2D eigenvalue weighted by Crippen LogP contribution is 2.37. The first-order valence-electron chi connectivity index (χ1n) is 6.27. The summed E-state index contributed by atoms with van der Waals surface area (Å²) in [6.07, 6.45) is -3.29. The van der Waals surface area contributed by atoms with Gasteiger partial charge in [0.1, 0.15) is 11.1 Å². The minimum absolute atomic E-state index is 0.0285. The van der Waals surface area contributed by atoms with Crippen molar-refractivity contribution in [2.75, 3.05) is 6.54 Å². The second kappa shape index (κ2) is 5.06. The Morgan fingerprint density at radius 3 is 2.26 bits per heavy atom. The van der Waals surface area contributed by atoms with Gasteiger partial charge in [-0.25, -0.2) is 13.6 Å². The molecular formula is C13H21F2NO3. The summed E-state index contributed by atoms with van der Waals surface area (Å²) in [5.41, 5.74) is -1.93. The van der Waals surface area contributed by atoms with E-state index in [0.29, 0.717) is 0 Å². The number of hydrogen-bond donors (Lipinski definition) is 0. The van der Waals surface area contributed by atoms with Crippen molar-refractivity contribution in [2.45, 2.75) is 58.6 Å². The van der Waals surface area contributed by atoms with Gasteiger partial charge in [0.05, 0.1) is 0 Å². The molecule has 0 N–H and O–H groups in total. The van der Waals surface area contributed by atoms with E-state index in [1.165, 1.54) is 13.8 Å². The fourth-order valence-corrected chi connectivity index (χ4v) is 2.22. The maximum absolute atomic E-state index is 12.8. The first kappa shape index (κ1) is 15.9. The molecule has 2 atom stereocenters. The van der Waals surface area contributed by atoms with Gasteiger partial charge in [-0.3, -0.25) is 9.69 Å². The van der Waals surface area contributed by atoms with E-state index in [0.717, 1.165) is 4.90 Å². The number of hydrogen-bond acceptors (Lipinski definition) is 3. The van der Waals surface area contributed by atoms with E-state index in [1.54, 1.807) is 20.8 Å². The van der Waals surface area contributed by atoms with E-state index in [-0.39, 0.29) is 18.7 Å². The second-order valence-electron chi connectivity index (χ2n) is 6.22. The molecule has 1 saturated heterocycles. The van der Waals surface area contributed by atoms with Crippen LogP contribution < -0.4 is 0 Å². The van der Waals surface area contributed by atoms with Crippen LogP contribution in [0.4, 0.5) is 13.6 Å². The van der Waals surface area contributed by atoms with Gasteiger partial charge in [-0.1, -0.05) is 0 Å². The third-order valence-corrected chi connectivity index (χ3v) is 3.40. The molecule has 0 bridgehead atoms. The lowest BCUT2D eigenvalue weighted by Crippen LogP contribution is -2.51. The number of halogens is 2. The summed E-state index contributed by atoms with van der Waals surface area (Å²) in [5.74, 6) is -1.29. The Morgan fingerprint density at radius 2 is 1.89 bits per heavy atom. The van der Waals surface area contributed by atoms with Crippen LogP contribution >= 0.6 is 0 Å². The summed E-state index contributed by atoms with van der Waals surface area (Å²) < 4.78 is 30.8. The van der Waals surface area contributed by atoms with Crippen molar-refractivity contribution in [1.29, 1.82) is 0 Å². The topological polar surface area (TPSA) is 46.6 Å². The lowest BCUT2D eigenvalue weighted by atomic mass is 9.91. The van der Waals surface area contributed by atoms with Crippen molar-refractivity contribution in [3.05, 3.63) is 0 Å². The highest BCUT2D eigenvalue weighted by atomic mass is 19.3. The fourth-order valence-electron chi connectivity index (χ4n) is 2.22. The molecule has 4 nitrogen and oxygen atoms in total. The lowest BCUT2D eigenvalue weighted by molar-refractivity contribution is -0.126. The number of carbonyl (C=O) groups is 2. The average Bonchev–Trinajstić information content (AvgIpc) is 2.55. The minimum Gasteiger partial charge on any atom is -0.444 e. The molecule has 19 heavy (non-hydrogen) atoms. The maximum atomic E-state index is 12.8. The van der Waals surface area contributed by atoms with Gasteiger partial charge < -0.3 is 4.74 Å². The first-order chi connectivity index (χ1) is 8.47. The van der Waals surface area contributed by atoms with Crippen molar-refractivity contribution in [2.24, 2.45) is 5.92 Å². The predicted octanol–water partition coefficient (Wildman–Crippen LogP) is 2.86. The van der Waals surface area contributed by atoms with Crippen LogP contribution in [-0.2, 0) is 9.53 Å². The van der Waals surface area contributed by atoms with Gasteiger partial charge >= 0.3 is 6.09 Å². The molecule has 0 aromatic carbocycles. The van der Waals surface area contributed by atoms with Crippen LogP contribution in [0.5, 0.6) is 0 Å². The maximum Gasteiger partial charge on any atom is 0.411 e. The number of ether oxygens (including phenoxy) is 1. The SMILES string of the molecule is CC(=O)[C@@]1(C)CC(C(F)F)CN1C(=O)OC(C)(C)C. The number of nitrogens with zero attached hydrogens (tertiary/aromatic N) is 1. The Labute approximate surface area is 112 Å². The molecule has 0 aliphatic carbocycles. The number of amides is 1. The third-order valence-electron chi connectivity index (χ3n) is 3.40.